The first-order valence-electron chi connectivity index (χ1n) is 9.95. The maximum atomic E-state index is 13.0. The summed E-state index contributed by atoms with van der Waals surface area (Å²) in [6.45, 7) is 6.81. The molecule has 1 N–H and O–H groups in total. The van der Waals surface area contributed by atoms with Crippen LogP contribution in [0.15, 0.2) is 52.0 Å². The molecule has 2 aromatic rings. The molecule has 1 saturated heterocycles. The molecule has 3 rings (SSSR count). The number of carbonyl (C=O) groups is 1. The Kier molecular flexibility index (Phi) is 7.30. The second kappa shape index (κ2) is 9.92. The third-order valence-corrected chi connectivity index (χ3v) is 6.91. The Hall–Kier alpha value is -2.62. The van der Waals surface area contributed by atoms with Crippen LogP contribution < -0.4 is 10.2 Å². The lowest BCUT2D eigenvalue weighted by Crippen LogP contribution is -2.37. The van der Waals surface area contributed by atoms with Crippen LogP contribution in [0.25, 0.3) is 6.08 Å². The number of morpholine rings is 1. The summed E-state index contributed by atoms with van der Waals surface area (Å²) in [5.41, 5.74) is 1.20. The first-order valence-corrected chi connectivity index (χ1v) is 11.4. The van der Waals surface area contributed by atoms with E-state index in [9.17, 15) is 13.2 Å². The molecule has 0 unspecified atom stereocenters. The fourth-order valence-electron chi connectivity index (χ4n) is 3.29. The van der Waals surface area contributed by atoms with Gasteiger partial charge in [-0.05, 0) is 36.4 Å². The van der Waals surface area contributed by atoms with E-state index in [0.717, 1.165) is 5.69 Å². The van der Waals surface area contributed by atoms with Crippen molar-refractivity contribution in [3.05, 3.63) is 48.4 Å². The van der Waals surface area contributed by atoms with Crippen molar-refractivity contribution in [2.75, 3.05) is 49.6 Å². The van der Waals surface area contributed by atoms with E-state index in [2.05, 4.69) is 10.2 Å². The largest absolute Gasteiger partial charge is 0.465 e. The van der Waals surface area contributed by atoms with Gasteiger partial charge < -0.3 is 19.4 Å². The number of nitrogens with one attached hydrogen (secondary N) is 1. The van der Waals surface area contributed by atoms with Gasteiger partial charge in [0.2, 0.25) is 15.9 Å². The average molecular weight is 434 g/mol. The van der Waals surface area contributed by atoms with Gasteiger partial charge in [-0.15, -0.1) is 0 Å². The second-order valence-corrected chi connectivity index (χ2v) is 8.64. The summed E-state index contributed by atoms with van der Waals surface area (Å²) in [6, 6.07) is 8.33. The van der Waals surface area contributed by atoms with Crippen molar-refractivity contribution in [2.45, 2.75) is 18.7 Å². The zero-order chi connectivity index (χ0) is 21.6. The average Bonchev–Trinajstić information content (AvgIpc) is 3.27. The molecule has 8 nitrogen and oxygen atoms in total. The molecule has 0 aliphatic carbocycles. The number of carbonyl (C=O) groups excluding carboxylic acids is 1. The van der Waals surface area contributed by atoms with E-state index in [-0.39, 0.29) is 10.8 Å². The van der Waals surface area contributed by atoms with Gasteiger partial charge in [-0.3, -0.25) is 4.79 Å². The molecular formula is C21H27N3O5S. The molecule has 1 fully saturated rings. The van der Waals surface area contributed by atoms with Crippen LogP contribution in [0, 0.1) is 0 Å². The van der Waals surface area contributed by atoms with Gasteiger partial charge >= 0.3 is 0 Å². The van der Waals surface area contributed by atoms with Crippen molar-refractivity contribution in [1.29, 1.82) is 0 Å². The summed E-state index contributed by atoms with van der Waals surface area (Å²) in [5.74, 6) is 0.176. The highest BCUT2D eigenvalue weighted by Crippen LogP contribution is 2.31. The van der Waals surface area contributed by atoms with E-state index in [1.165, 1.54) is 22.7 Å². The van der Waals surface area contributed by atoms with Gasteiger partial charge in [0.1, 0.15) is 5.76 Å². The Bertz CT molecular complexity index is 976. The number of rotatable bonds is 8. The topological polar surface area (TPSA) is 92.1 Å². The van der Waals surface area contributed by atoms with Crippen LogP contribution in [0.2, 0.25) is 0 Å². The van der Waals surface area contributed by atoms with Crippen LogP contribution in [0.5, 0.6) is 0 Å². The van der Waals surface area contributed by atoms with Gasteiger partial charge in [-0.25, -0.2) is 8.42 Å². The molecule has 0 spiro atoms. The predicted molar refractivity (Wildman–Crippen MR) is 116 cm³/mol. The summed E-state index contributed by atoms with van der Waals surface area (Å²) in [7, 11) is -3.65. The molecule has 0 radical (unpaired) electrons. The number of hydrogen-bond donors (Lipinski definition) is 1. The normalized spacial score (nSPS) is 15.1. The molecule has 1 aliphatic heterocycles. The van der Waals surface area contributed by atoms with Crippen molar-refractivity contribution in [1.82, 2.24) is 4.31 Å². The molecule has 9 heteroatoms. The summed E-state index contributed by atoms with van der Waals surface area (Å²) >= 11 is 0. The van der Waals surface area contributed by atoms with E-state index in [4.69, 9.17) is 9.15 Å². The molecule has 162 valence electrons. The number of amides is 1. The second-order valence-electron chi connectivity index (χ2n) is 6.71. The van der Waals surface area contributed by atoms with Gasteiger partial charge in [-0.1, -0.05) is 13.8 Å². The first kappa shape index (κ1) is 22.1. The van der Waals surface area contributed by atoms with Gasteiger partial charge in [0.05, 0.1) is 35.7 Å². The summed E-state index contributed by atoms with van der Waals surface area (Å²) in [4.78, 5) is 14.7. The first-order chi connectivity index (χ1) is 14.5. The van der Waals surface area contributed by atoms with Crippen LogP contribution in [0.3, 0.4) is 0 Å². The molecule has 0 bridgehead atoms. The Labute approximate surface area is 177 Å². The number of benzene rings is 1. The van der Waals surface area contributed by atoms with E-state index < -0.39 is 10.0 Å². The maximum Gasteiger partial charge on any atom is 0.248 e. The van der Waals surface area contributed by atoms with E-state index in [1.807, 2.05) is 0 Å². The summed E-state index contributed by atoms with van der Waals surface area (Å²) in [6.07, 6.45) is 4.43. The number of sulfonamides is 1. The van der Waals surface area contributed by atoms with E-state index in [1.54, 1.807) is 44.2 Å². The highest BCUT2D eigenvalue weighted by atomic mass is 32.2. The number of hydrogen-bond acceptors (Lipinski definition) is 6. The lowest BCUT2D eigenvalue weighted by atomic mass is 10.2. The minimum Gasteiger partial charge on any atom is -0.465 e. The van der Waals surface area contributed by atoms with Crippen LogP contribution in [0.1, 0.15) is 19.6 Å². The van der Waals surface area contributed by atoms with Crippen LogP contribution >= 0.6 is 0 Å². The third-order valence-electron chi connectivity index (χ3n) is 4.86. The van der Waals surface area contributed by atoms with Gasteiger partial charge in [0.25, 0.3) is 0 Å². The van der Waals surface area contributed by atoms with Crippen LogP contribution in [-0.4, -0.2) is 58.0 Å². The van der Waals surface area contributed by atoms with E-state index in [0.29, 0.717) is 50.8 Å². The lowest BCUT2D eigenvalue weighted by molar-refractivity contribution is -0.111. The van der Waals surface area contributed by atoms with Crippen molar-refractivity contribution < 1.29 is 22.4 Å². The fraction of sp³-hybridized carbons (Fsp3) is 0.381. The number of ether oxygens (including phenoxy) is 1. The van der Waals surface area contributed by atoms with Crippen LogP contribution in [0.4, 0.5) is 11.4 Å². The molecule has 30 heavy (non-hydrogen) atoms. The number of furan rings is 1. The highest BCUT2D eigenvalue weighted by Gasteiger charge is 2.24. The highest BCUT2D eigenvalue weighted by molar-refractivity contribution is 7.89. The lowest BCUT2D eigenvalue weighted by Gasteiger charge is -2.31. The molecule has 1 aliphatic rings. The Morgan fingerprint density at radius 1 is 1.20 bits per heavy atom. The Morgan fingerprint density at radius 3 is 2.57 bits per heavy atom. The standard InChI is InChI=1S/C21H27N3O5S/c1-3-24(4-2)30(26,27)18-8-9-20(23-11-14-28-15-12-23)19(16-18)22-21(25)10-7-17-6-5-13-29-17/h5-10,13,16H,3-4,11-12,14-15H2,1-2H3,(H,22,25)/b10-7+. The summed E-state index contributed by atoms with van der Waals surface area (Å²) in [5, 5.41) is 2.82. The van der Waals surface area contributed by atoms with Gasteiger partial charge in [0, 0.05) is 32.3 Å². The predicted octanol–water partition coefficient (Wildman–Crippen LogP) is 2.80. The Balaban J connectivity index is 1.92. The molecular weight excluding hydrogens is 406 g/mol. The summed E-state index contributed by atoms with van der Waals surface area (Å²) < 4.78 is 37.9. The quantitative estimate of drug-likeness (QED) is 0.644. The van der Waals surface area contributed by atoms with Crippen molar-refractivity contribution in [3.63, 3.8) is 0 Å². The van der Waals surface area contributed by atoms with Crippen molar-refractivity contribution >= 4 is 33.4 Å². The SMILES string of the molecule is CCN(CC)S(=O)(=O)c1ccc(N2CCOCC2)c(NC(=O)/C=C/c2ccco2)c1. The molecule has 1 aromatic carbocycles. The minimum atomic E-state index is -3.65. The maximum absolute atomic E-state index is 13.0. The molecule has 1 amide bonds. The zero-order valence-electron chi connectivity index (χ0n) is 17.2. The number of anilines is 2. The van der Waals surface area contributed by atoms with Crippen LogP contribution in [-0.2, 0) is 19.6 Å². The zero-order valence-corrected chi connectivity index (χ0v) is 18.0. The third kappa shape index (κ3) is 5.10. The smallest absolute Gasteiger partial charge is 0.248 e. The Morgan fingerprint density at radius 2 is 1.93 bits per heavy atom. The molecule has 0 atom stereocenters. The molecule has 2 heterocycles. The van der Waals surface area contributed by atoms with Gasteiger partial charge in [-0.2, -0.15) is 4.31 Å². The molecule has 0 saturated carbocycles. The monoisotopic (exact) mass is 433 g/mol. The van der Waals surface area contributed by atoms with Crippen molar-refractivity contribution in [3.8, 4) is 0 Å². The molecule has 1 aromatic heterocycles. The van der Waals surface area contributed by atoms with E-state index >= 15 is 0 Å². The van der Waals surface area contributed by atoms with Crippen molar-refractivity contribution in [2.24, 2.45) is 0 Å². The number of nitrogens with zero attached hydrogens (tertiary/aromatic N) is 2. The van der Waals surface area contributed by atoms with Gasteiger partial charge in [0.15, 0.2) is 0 Å². The minimum absolute atomic E-state index is 0.147. The fourth-order valence-corrected chi connectivity index (χ4v) is 4.77.